The van der Waals surface area contributed by atoms with E-state index < -0.39 is 6.10 Å². The lowest BCUT2D eigenvalue weighted by Gasteiger charge is -2.24. The number of anilines is 2. The normalized spacial score (nSPS) is 16.1. The van der Waals surface area contributed by atoms with Gasteiger partial charge in [-0.2, -0.15) is 0 Å². The van der Waals surface area contributed by atoms with E-state index in [0.29, 0.717) is 42.2 Å². The van der Waals surface area contributed by atoms with Gasteiger partial charge in [-0.3, -0.25) is 4.79 Å². The first-order chi connectivity index (χ1) is 19.5. The second kappa shape index (κ2) is 13.5. The summed E-state index contributed by atoms with van der Waals surface area (Å²) in [5.41, 5.74) is 3.89. The minimum atomic E-state index is -0.774. The van der Waals surface area contributed by atoms with E-state index in [1.54, 1.807) is 12.1 Å². The van der Waals surface area contributed by atoms with Gasteiger partial charge in [0.25, 0.3) is 0 Å². The number of rotatable bonds is 12. The maximum atomic E-state index is 11.6. The molecule has 1 aliphatic heterocycles. The van der Waals surface area contributed by atoms with E-state index in [4.69, 9.17) is 4.74 Å². The van der Waals surface area contributed by atoms with Crippen LogP contribution in [0.2, 0.25) is 0 Å². The molecule has 0 spiro atoms. The van der Waals surface area contributed by atoms with Crippen LogP contribution in [0.25, 0.3) is 10.9 Å². The summed E-state index contributed by atoms with van der Waals surface area (Å²) in [6, 6.07) is 23.0. The lowest BCUT2D eigenvalue weighted by molar-refractivity contribution is 0.176. The molecule has 3 aromatic carbocycles. The van der Waals surface area contributed by atoms with Gasteiger partial charge in [0.15, 0.2) is 0 Å². The lowest BCUT2D eigenvalue weighted by atomic mass is 10.0. The zero-order chi connectivity index (χ0) is 27.7. The van der Waals surface area contributed by atoms with Crippen LogP contribution in [0.3, 0.4) is 0 Å². The van der Waals surface area contributed by atoms with Gasteiger partial charge in [0.1, 0.15) is 11.5 Å². The third-order valence-corrected chi connectivity index (χ3v) is 7.15. The molecule has 9 heteroatoms. The van der Waals surface area contributed by atoms with Crippen LogP contribution in [0.1, 0.15) is 23.7 Å². The van der Waals surface area contributed by atoms with Gasteiger partial charge in [-0.15, -0.1) is 0 Å². The van der Waals surface area contributed by atoms with Crippen LogP contribution in [0.15, 0.2) is 77.6 Å². The molecule has 0 amide bonds. The number of nitrogens with one attached hydrogen (secondary N) is 5. The zero-order valence-corrected chi connectivity index (χ0v) is 22.5. The molecule has 40 heavy (non-hydrogen) atoms. The molecule has 4 aromatic rings. The summed E-state index contributed by atoms with van der Waals surface area (Å²) >= 11 is 0. The summed E-state index contributed by atoms with van der Waals surface area (Å²) in [7, 11) is 0. The topological polar surface area (TPSA) is 131 Å². The first kappa shape index (κ1) is 27.7. The fourth-order valence-corrected chi connectivity index (χ4v) is 4.92. The predicted molar refractivity (Wildman–Crippen MR) is 159 cm³/mol. The monoisotopic (exact) mass is 543 g/mol. The number of aromatic amines is 1. The molecule has 7 N–H and O–H groups in total. The Morgan fingerprint density at radius 2 is 1.73 bits per heavy atom. The lowest BCUT2D eigenvalue weighted by Crippen LogP contribution is -2.48. The third kappa shape index (κ3) is 7.40. The molecular formula is C31H37N5O4. The van der Waals surface area contributed by atoms with E-state index in [1.165, 1.54) is 17.7 Å². The fraction of sp³-hybridized carbons (Fsp3) is 0.323. The number of piperazine rings is 1. The number of H-pyrrole nitrogens is 1. The Kier molecular flexibility index (Phi) is 9.30. The molecule has 1 unspecified atom stereocenters. The third-order valence-electron chi connectivity index (χ3n) is 7.15. The molecule has 0 radical (unpaired) electrons. The maximum Gasteiger partial charge on any atom is 0.248 e. The molecule has 0 bridgehead atoms. The summed E-state index contributed by atoms with van der Waals surface area (Å²) in [5.74, 6) is 0.854. The molecule has 2 heterocycles. The van der Waals surface area contributed by atoms with Gasteiger partial charge >= 0.3 is 0 Å². The predicted octanol–water partition coefficient (Wildman–Crippen LogP) is 3.17. The van der Waals surface area contributed by atoms with Gasteiger partial charge in [0.05, 0.1) is 18.2 Å². The van der Waals surface area contributed by atoms with Crippen molar-refractivity contribution in [1.29, 1.82) is 0 Å². The number of phenols is 1. The molecule has 9 nitrogen and oxygen atoms in total. The summed E-state index contributed by atoms with van der Waals surface area (Å²) in [6.45, 7) is 4.78. The average Bonchev–Trinajstić information content (AvgIpc) is 2.98. The number of pyridine rings is 1. The van der Waals surface area contributed by atoms with Crippen LogP contribution in [-0.4, -0.2) is 60.6 Å². The van der Waals surface area contributed by atoms with Gasteiger partial charge in [-0.25, -0.2) is 0 Å². The summed E-state index contributed by atoms with van der Waals surface area (Å²) in [5, 5.41) is 35.0. The smallest absolute Gasteiger partial charge is 0.248 e. The number of hydrogen-bond donors (Lipinski definition) is 7. The molecular weight excluding hydrogens is 506 g/mol. The molecule has 0 aliphatic carbocycles. The molecule has 5 rings (SSSR count). The van der Waals surface area contributed by atoms with Gasteiger partial charge in [-0.1, -0.05) is 18.2 Å². The summed E-state index contributed by atoms with van der Waals surface area (Å²) in [6.07, 6.45) is 1.02. The SMILES string of the molecule is O=c1ccc2c([C@@H](O)CNCCc3ccc(Nc4ccc(OCCC5CNCCN5)cc4)cc3)ccc(O)c2[nH]1. The Bertz CT molecular complexity index is 1430. The van der Waals surface area contributed by atoms with Crippen molar-refractivity contribution in [2.45, 2.75) is 25.0 Å². The number of aliphatic hydroxyl groups excluding tert-OH is 1. The first-order valence-electron chi connectivity index (χ1n) is 13.8. The van der Waals surface area contributed by atoms with E-state index in [-0.39, 0.29) is 11.3 Å². The van der Waals surface area contributed by atoms with E-state index in [9.17, 15) is 15.0 Å². The van der Waals surface area contributed by atoms with E-state index in [1.807, 2.05) is 24.3 Å². The van der Waals surface area contributed by atoms with Gasteiger partial charge in [0.2, 0.25) is 5.56 Å². The molecule has 0 saturated carbocycles. The molecule has 210 valence electrons. The van der Waals surface area contributed by atoms with Crippen molar-refractivity contribution in [2.75, 3.05) is 44.6 Å². The van der Waals surface area contributed by atoms with Crippen molar-refractivity contribution >= 4 is 22.3 Å². The maximum absolute atomic E-state index is 11.6. The minimum Gasteiger partial charge on any atom is -0.506 e. The molecule has 2 atom stereocenters. The Labute approximate surface area is 233 Å². The average molecular weight is 544 g/mol. The number of fused-ring (bicyclic) bond motifs is 1. The molecule has 1 saturated heterocycles. The number of aliphatic hydroxyl groups is 1. The Morgan fingerprint density at radius 3 is 2.48 bits per heavy atom. The highest BCUT2D eigenvalue weighted by molar-refractivity contribution is 5.87. The molecule has 1 fully saturated rings. The van der Waals surface area contributed by atoms with Gasteiger partial charge < -0.3 is 41.2 Å². The van der Waals surface area contributed by atoms with Crippen molar-refractivity contribution < 1.29 is 14.9 Å². The van der Waals surface area contributed by atoms with E-state index in [2.05, 4.69) is 50.5 Å². The Morgan fingerprint density at radius 1 is 0.950 bits per heavy atom. The van der Waals surface area contributed by atoms with E-state index in [0.717, 1.165) is 49.6 Å². The second-order valence-corrected chi connectivity index (χ2v) is 10.1. The summed E-state index contributed by atoms with van der Waals surface area (Å²) < 4.78 is 5.90. The van der Waals surface area contributed by atoms with Crippen LogP contribution < -0.4 is 31.6 Å². The highest BCUT2D eigenvalue weighted by Crippen LogP contribution is 2.28. The highest BCUT2D eigenvalue weighted by Gasteiger charge is 2.14. The van der Waals surface area contributed by atoms with Crippen LogP contribution in [0, 0.1) is 0 Å². The molecule has 1 aliphatic rings. The first-order valence-corrected chi connectivity index (χ1v) is 13.8. The number of aromatic nitrogens is 1. The van der Waals surface area contributed by atoms with Crippen LogP contribution in [0.4, 0.5) is 11.4 Å². The van der Waals surface area contributed by atoms with Crippen LogP contribution in [0.5, 0.6) is 11.5 Å². The largest absolute Gasteiger partial charge is 0.506 e. The Hall–Kier alpha value is -3.89. The van der Waals surface area contributed by atoms with Crippen molar-refractivity contribution in [2.24, 2.45) is 0 Å². The van der Waals surface area contributed by atoms with Gasteiger partial charge in [0, 0.05) is 55.0 Å². The number of phenolic OH excluding ortho intramolecular Hbond substituents is 1. The molecule has 1 aromatic heterocycles. The van der Waals surface area contributed by atoms with Crippen molar-refractivity contribution in [3.05, 3.63) is 94.3 Å². The zero-order valence-electron chi connectivity index (χ0n) is 22.5. The fourth-order valence-electron chi connectivity index (χ4n) is 4.92. The number of hydrogen-bond acceptors (Lipinski definition) is 8. The minimum absolute atomic E-state index is 0.0169. The van der Waals surface area contributed by atoms with Crippen LogP contribution >= 0.6 is 0 Å². The number of aromatic hydroxyl groups is 1. The van der Waals surface area contributed by atoms with Crippen molar-refractivity contribution in [1.82, 2.24) is 20.9 Å². The summed E-state index contributed by atoms with van der Waals surface area (Å²) in [4.78, 5) is 14.2. The second-order valence-electron chi connectivity index (χ2n) is 10.1. The number of ether oxygens (including phenoxy) is 1. The number of benzene rings is 3. The Balaban J connectivity index is 1.04. The quantitative estimate of drug-likeness (QED) is 0.136. The van der Waals surface area contributed by atoms with Crippen LogP contribution in [-0.2, 0) is 6.42 Å². The van der Waals surface area contributed by atoms with E-state index >= 15 is 0 Å². The van der Waals surface area contributed by atoms with Crippen molar-refractivity contribution in [3.63, 3.8) is 0 Å². The van der Waals surface area contributed by atoms with Crippen molar-refractivity contribution in [3.8, 4) is 11.5 Å². The highest BCUT2D eigenvalue weighted by atomic mass is 16.5. The standard InChI is InChI=1S/C31H37N5O4/c37-28-11-9-26(27-10-12-30(39)36-31(27)28)29(38)20-32-15-13-21-1-3-22(4-2-21)35-23-5-7-25(8-6-23)40-18-14-24-19-33-16-17-34-24/h1-12,24,29,32-35,37-38H,13-20H2,(H,36,39)/t24?,29-/m0/s1. The van der Waals surface area contributed by atoms with Gasteiger partial charge in [-0.05, 0) is 79.0 Å².